The Balaban J connectivity index is 1.85. The molecule has 0 aliphatic carbocycles. The summed E-state index contributed by atoms with van der Waals surface area (Å²) in [6.45, 7) is 2.07. The number of carbonyl (C=O) groups is 1. The summed E-state index contributed by atoms with van der Waals surface area (Å²) in [6.07, 6.45) is 0. The Kier molecular flexibility index (Phi) is 7.26. The Labute approximate surface area is 142 Å². The van der Waals surface area contributed by atoms with E-state index < -0.39 is 0 Å². The predicted octanol–water partition coefficient (Wildman–Crippen LogP) is 2.97. The van der Waals surface area contributed by atoms with Gasteiger partial charge in [0.15, 0.2) is 5.78 Å². The third-order valence-electron chi connectivity index (χ3n) is 3.40. The summed E-state index contributed by atoms with van der Waals surface area (Å²) < 4.78 is 20.9. The monoisotopic (exact) mass is 330 g/mol. The number of benzene rings is 2. The molecule has 0 radical (unpaired) electrons. The Morgan fingerprint density at radius 1 is 0.750 bits per heavy atom. The van der Waals surface area contributed by atoms with E-state index in [0.29, 0.717) is 43.3 Å². The van der Waals surface area contributed by atoms with Gasteiger partial charge in [0.1, 0.15) is 18.1 Å². The smallest absolute Gasteiger partial charge is 0.193 e. The zero-order valence-corrected chi connectivity index (χ0v) is 14.0. The SMILES string of the molecule is COCCOCCOc1ccc(C(=O)c2ccc(OC)cc2)cc1. The topological polar surface area (TPSA) is 54.0 Å². The van der Waals surface area contributed by atoms with Crippen molar-refractivity contribution in [2.75, 3.05) is 40.6 Å². The first-order valence-corrected chi connectivity index (χ1v) is 7.73. The second kappa shape index (κ2) is 9.70. The molecule has 0 bridgehead atoms. The molecule has 2 rings (SSSR count). The van der Waals surface area contributed by atoms with Gasteiger partial charge in [-0.2, -0.15) is 0 Å². The normalized spacial score (nSPS) is 10.4. The first-order valence-electron chi connectivity index (χ1n) is 7.73. The van der Waals surface area contributed by atoms with E-state index in [1.807, 2.05) is 0 Å². The zero-order chi connectivity index (χ0) is 17.2. The van der Waals surface area contributed by atoms with E-state index in [1.54, 1.807) is 62.8 Å². The van der Waals surface area contributed by atoms with Crippen LogP contribution in [0.3, 0.4) is 0 Å². The lowest BCUT2D eigenvalue weighted by Gasteiger charge is -2.08. The van der Waals surface area contributed by atoms with Gasteiger partial charge >= 0.3 is 0 Å². The van der Waals surface area contributed by atoms with Crippen molar-refractivity contribution in [2.45, 2.75) is 0 Å². The lowest BCUT2D eigenvalue weighted by molar-refractivity contribution is 0.0544. The second-order valence-electron chi connectivity index (χ2n) is 5.04. The molecule has 0 aliphatic rings. The average Bonchev–Trinajstić information content (AvgIpc) is 2.64. The number of rotatable bonds is 10. The molecule has 0 aliphatic heterocycles. The summed E-state index contributed by atoms with van der Waals surface area (Å²) in [4.78, 5) is 12.4. The first kappa shape index (κ1) is 18.0. The van der Waals surface area contributed by atoms with Crippen LogP contribution in [0, 0.1) is 0 Å². The van der Waals surface area contributed by atoms with Crippen LogP contribution in [0.2, 0.25) is 0 Å². The Morgan fingerprint density at radius 3 is 1.83 bits per heavy atom. The highest BCUT2D eigenvalue weighted by Gasteiger charge is 2.09. The highest BCUT2D eigenvalue weighted by atomic mass is 16.5. The van der Waals surface area contributed by atoms with E-state index >= 15 is 0 Å². The summed E-state index contributed by atoms with van der Waals surface area (Å²) >= 11 is 0. The molecule has 0 N–H and O–H groups in total. The van der Waals surface area contributed by atoms with Gasteiger partial charge < -0.3 is 18.9 Å². The van der Waals surface area contributed by atoms with Crippen LogP contribution in [-0.2, 0) is 9.47 Å². The van der Waals surface area contributed by atoms with Gasteiger partial charge in [0.2, 0.25) is 0 Å². The van der Waals surface area contributed by atoms with Crippen LogP contribution in [0.5, 0.6) is 11.5 Å². The second-order valence-corrected chi connectivity index (χ2v) is 5.04. The van der Waals surface area contributed by atoms with Gasteiger partial charge in [-0.15, -0.1) is 0 Å². The molecule has 0 spiro atoms. The molecular formula is C19H22O5. The van der Waals surface area contributed by atoms with Crippen molar-refractivity contribution in [2.24, 2.45) is 0 Å². The maximum Gasteiger partial charge on any atom is 0.193 e. The molecule has 0 heterocycles. The van der Waals surface area contributed by atoms with Crippen LogP contribution in [0.15, 0.2) is 48.5 Å². The minimum Gasteiger partial charge on any atom is -0.497 e. The van der Waals surface area contributed by atoms with Crippen LogP contribution < -0.4 is 9.47 Å². The Hall–Kier alpha value is -2.37. The zero-order valence-electron chi connectivity index (χ0n) is 14.0. The van der Waals surface area contributed by atoms with Crippen molar-refractivity contribution in [1.29, 1.82) is 0 Å². The van der Waals surface area contributed by atoms with Gasteiger partial charge in [-0.3, -0.25) is 4.79 Å². The third-order valence-corrected chi connectivity index (χ3v) is 3.40. The summed E-state index contributed by atoms with van der Waals surface area (Å²) in [5.41, 5.74) is 1.24. The molecule has 0 saturated heterocycles. The maximum absolute atomic E-state index is 12.4. The summed E-state index contributed by atoms with van der Waals surface area (Å²) in [6, 6.07) is 14.1. The van der Waals surface area contributed by atoms with Crippen LogP contribution in [-0.4, -0.2) is 46.4 Å². The molecule has 5 heteroatoms. The maximum atomic E-state index is 12.4. The highest BCUT2D eigenvalue weighted by molar-refractivity contribution is 6.09. The van der Waals surface area contributed by atoms with E-state index in [1.165, 1.54) is 0 Å². The van der Waals surface area contributed by atoms with E-state index in [-0.39, 0.29) is 5.78 Å². The summed E-state index contributed by atoms with van der Waals surface area (Å²) in [7, 11) is 3.23. The fourth-order valence-corrected chi connectivity index (χ4v) is 2.07. The van der Waals surface area contributed by atoms with Crippen molar-refractivity contribution in [1.82, 2.24) is 0 Å². The average molecular weight is 330 g/mol. The fraction of sp³-hybridized carbons (Fsp3) is 0.316. The van der Waals surface area contributed by atoms with Gasteiger partial charge in [0.25, 0.3) is 0 Å². The summed E-state index contributed by atoms with van der Waals surface area (Å²) in [5, 5.41) is 0. The standard InChI is InChI=1S/C19H22O5/c1-21-11-12-23-13-14-24-18-9-5-16(6-10-18)19(20)15-3-7-17(22-2)8-4-15/h3-10H,11-14H2,1-2H3. The van der Waals surface area contributed by atoms with E-state index in [2.05, 4.69) is 0 Å². The van der Waals surface area contributed by atoms with E-state index in [4.69, 9.17) is 18.9 Å². The molecule has 2 aromatic rings. The van der Waals surface area contributed by atoms with Crippen molar-refractivity contribution < 1.29 is 23.7 Å². The quantitative estimate of drug-likeness (QED) is 0.495. The number of methoxy groups -OCH3 is 2. The number of ether oxygens (including phenoxy) is 4. The molecule has 128 valence electrons. The minimum absolute atomic E-state index is 0.0351. The first-order chi connectivity index (χ1) is 11.7. The third kappa shape index (κ3) is 5.37. The summed E-state index contributed by atoms with van der Waals surface area (Å²) in [5.74, 6) is 1.40. The predicted molar refractivity (Wildman–Crippen MR) is 91.1 cm³/mol. The molecular weight excluding hydrogens is 308 g/mol. The van der Waals surface area contributed by atoms with Crippen LogP contribution in [0.1, 0.15) is 15.9 Å². The Morgan fingerprint density at radius 2 is 1.29 bits per heavy atom. The number of hydrogen-bond acceptors (Lipinski definition) is 5. The molecule has 0 unspecified atom stereocenters. The van der Waals surface area contributed by atoms with Crippen molar-refractivity contribution in [3.63, 3.8) is 0 Å². The minimum atomic E-state index is -0.0351. The molecule has 0 fully saturated rings. The van der Waals surface area contributed by atoms with Crippen molar-refractivity contribution in [3.8, 4) is 11.5 Å². The number of hydrogen-bond donors (Lipinski definition) is 0. The van der Waals surface area contributed by atoms with Crippen LogP contribution >= 0.6 is 0 Å². The van der Waals surface area contributed by atoms with E-state index in [0.717, 1.165) is 5.75 Å². The Bertz CT molecular complexity index is 619. The highest BCUT2D eigenvalue weighted by Crippen LogP contribution is 2.17. The van der Waals surface area contributed by atoms with Crippen LogP contribution in [0.25, 0.3) is 0 Å². The van der Waals surface area contributed by atoms with Gasteiger partial charge in [0.05, 0.1) is 26.9 Å². The molecule has 0 saturated carbocycles. The van der Waals surface area contributed by atoms with Gasteiger partial charge in [-0.05, 0) is 48.5 Å². The molecule has 0 amide bonds. The lowest BCUT2D eigenvalue weighted by Crippen LogP contribution is -2.10. The van der Waals surface area contributed by atoms with Crippen molar-refractivity contribution >= 4 is 5.78 Å². The van der Waals surface area contributed by atoms with Gasteiger partial charge in [0, 0.05) is 18.2 Å². The molecule has 0 atom stereocenters. The largest absolute Gasteiger partial charge is 0.497 e. The molecule has 24 heavy (non-hydrogen) atoms. The molecule has 5 nitrogen and oxygen atoms in total. The van der Waals surface area contributed by atoms with Crippen LogP contribution in [0.4, 0.5) is 0 Å². The lowest BCUT2D eigenvalue weighted by atomic mass is 10.0. The van der Waals surface area contributed by atoms with E-state index in [9.17, 15) is 4.79 Å². The van der Waals surface area contributed by atoms with Gasteiger partial charge in [-0.1, -0.05) is 0 Å². The van der Waals surface area contributed by atoms with Crippen molar-refractivity contribution in [3.05, 3.63) is 59.7 Å². The van der Waals surface area contributed by atoms with Gasteiger partial charge in [-0.25, -0.2) is 0 Å². The molecule has 2 aromatic carbocycles. The molecule has 0 aromatic heterocycles. The number of carbonyl (C=O) groups excluding carboxylic acids is 1. The fourth-order valence-electron chi connectivity index (χ4n) is 2.07. The number of ketones is 1.